The number of aromatic hydroxyl groups is 1. The van der Waals surface area contributed by atoms with Crippen LogP contribution >= 0.6 is 18.9 Å². The maximum absolute atomic E-state index is 14.4. The first kappa shape index (κ1) is 58.1. The van der Waals surface area contributed by atoms with E-state index in [2.05, 4.69) is 57.5 Å². The number of ether oxygens (including phenoxy) is 3. The van der Waals surface area contributed by atoms with Gasteiger partial charge in [-0.25, -0.2) is 9.97 Å². The summed E-state index contributed by atoms with van der Waals surface area (Å²) in [4.78, 5) is 66.3. The van der Waals surface area contributed by atoms with Gasteiger partial charge in [-0.2, -0.15) is 0 Å². The third-order valence-corrected chi connectivity index (χ3v) is 18.8. The first-order valence-corrected chi connectivity index (χ1v) is 31.6. The van der Waals surface area contributed by atoms with Crippen LogP contribution in [0, 0.1) is 12.8 Å². The van der Waals surface area contributed by atoms with Crippen molar-refractivity contribution in [2.75, 3.05) is 67.6 Å². The number of hydrogen-bond donors (Lipinski definition) is 6. The molecule has 1 aliphatic carbocycles. The molecule has 11 rings (SSSR count). The molecule has 6 aromatic rings. The zero-order chi connectivity index (χ0) is 57.9. The summed E-state index contributed by atoms with van der Waals surface area (Å²) in [5.41, 5.74) is 13.9. The van der Waals surface area contributed by atoms with Gasteiger partial charge in [-0.15, -0.1) is 21.5 Å². The normalized spacial score (nSPS) is 22.9. The number of likely N-dealkylation sites (tertiary alicyclic amines) is 2. The first-order chi connectivity index (χ1) is 40.0. The van der Waals surface area contributed by atoms with Crippen molar-refractivity contribution in [3.63, 3.8) is 0 Å². The number of nitrogens with zero attached hydrogens (tertiary/aromatic N) is 9. The third-order valence-electron chi connectivity index (χ3n) is 16.9. The molecular weight excluding hydrogens is 1100 g/mol. The number of nitrogens with two attached hydrogens (primary N) is 1. The second-order valence-electron chi connectivity index (χ2n) is 23.1. The number of phenolic OH excluding ortho intramolecular Hbond substituents is 1. The van der Waals surface area contributed by atoms with Crippen LogP contribution in [-0.2, 0) is 18.9 Å². The molecule has 2 amide bonds. The summed E-state index contributed by atoms with van der Waals surface area (Å²) < 4.78 is 36.5. The van der Waals surface area contributed by atoms with Gasteiger partial charge in [0.25, 0.3) is 5.88 Å². The Morgan fingerprint density at radius 2 is 1.66 bits per heavy atom. The van der Waals surface area contributed by atoms with E-state index in [9.17, 15) is 34.2 Å². The zero-order valence-corrected chi connectivity index (χ0v) is 48.7. The van der Waals surface area contributed by atoms with Gasteiger partial charge < -0.3 is 64.5 Å². The number of phenols is 1. The Balaban J connectivity index is 0.615. The molecule has 22 nitrogen and oxygen atoms in total. The number of aliphatic hydroxyl groups excluding tert-OH is 1. The summed E-state index contributed by atoms with van der Waals surface area (Å²) in [5, 5.41) is 37.1. The predicted molar refractivity (Wildman–Crippen MR) is 312 cm³/mol. The summed E-state index contributed by atoms with van der Waals surface area (Å²) in [6, 6.07) is 21.4. The number of thiazole rings is 1. The van der Waals surface area contributed by atoms with E-state index in [0.717, 1.165) is 97.8 Å². The number of fused-ring (bicyclic) bond motifs is 2. The standard InChI is InChI=1S/C59H74N11O11PS/c1-35(2)55(59(74)69-33-42(71)26-50(69)58(73)63-47(8-6-24-82(75,76)77)37-10-12-38(13-11-37)56-36(3)62-34-83-56)52-30-54(66-81-52)78-23-22-67-20-17-43(18-21-67)79-44-27-45(28-44)80-53-25-39(16-19-61-53)70-40-14-15-41(70)32-68(31-40)49-29-48(64-65-57(49)60)46-7-4-5-9-51(46)72/h4-5,7,9-13,16,19,25,29-30,34-35,40-45,47,50,55,71-72H,6,8,14-15,17-18,20-24,26-28,31-33H2,1-3H3,(H2,60,65)(H,63,73)(H2,75,76,77)/t40-,41?,42-,44?,45?,47?,50+,55+/m1/s1. The van der Waals surface area contributed by atoms with Crippen molar-refractivity contribution in [3.05, 3.63) is 102 Å². The molecule has 2 aromatic carbocycles. The number of para-hydroxylation sites is 1. The minimum Gasteiger partial charge on any atom is -0.507 e. The number of piperazine rings is 1. The Bertz CT molecular complexity index is 3240. The number of piperidine rings is 1. The van der Waals surface area contributed by atoms with Gasteiger partial charge >= 0.3 is 7.60 Å². The van der Waals surface area contributed by atoms with Crippen LogP contribution in [0.2, 0.25) is 0 Å². The van der Waals surface area contributed by atoms with E-state index < -0.39 is 37.6 Å². The van der Waals surface area contributed by atoms with Crippen molar-refractivity contribution >= 4 is 47.9 Å². The topological polar surface area (TPSA) is 288 Å². The average Bonchev–Trinajstić information content (AvgIpc) is 3.61. The number of aromatic nitrogens is 5. The number of benzene rings is 2. The molecule has 1 saturated carbocycles. The minimum absolute atomic E-state index is 0.0258. The molecule has 5 aliphatic rings. The molecule has 2 bridgehead atoms. The van der Waals surface area contributed by atoms with Crippen LogP contribution in [0.25, 0.3) is 21.7 Å². The highest BCUT2D eigenvalue weighted by atomic mass is 32.1. The fraction of sp³-hybridized carbons (Fsp3) is 0.508. The van der Waals surface area contributed by atoms with Crippen LogP contribution in [-0.4, -0.2) is 162 Å². The average molecular weight is 1180 g/mol. The molecule has 6 atom stereocenters. The number of aryl methyl sites for hydroxylation is 1. The lowest BCUT2D eigenvalue weighted by Crippen LogP contribution is -2.54. The van der Waals surface area contributed by atoms with Crippen molar-refractivity contribution in [3.8, 4) is 39.2 Å². The van der Waals surface area contributed by atoms with Crippen molar-refractivity contribution in [1.82, 2.24) is 40.4 Å². The summed E-state index contributed by atoms with van der Waals surface area (Å²) in [6.45, 7) is 9.95. The van der Waals surface area contributed by atoms with Gasteiger partial charge in [-0.05, 0) is 91.9 Å². The summed E-state index contributed by atoms with van der Waals surface area (Å²) in [6.07, 6.45) is 6.83. The highest BCUT2D eigenvalue weighted by molar-refractivity contribution is 7.51. The number of carbonyl (C=O) groups excluding carboxylic acids is 2. The number of nitrogens with one attached hydrogen (secondary N) is 1. The molecule has 83 heavy (non-hydrogen) atoms. The first-order valence-electron chi connectivity index (χ1n) is 28.9. The van der Waals surface area contributed by atoms with Gasteiger partial charge in [0.2, 0.25) is 17.7 Å². The van der Waals surface area contributed by atoms with Gasteiger partial charge in [0.05, 0.1) is 51.8 Å². The van der Waals surface area contributed by atoms with E-state index in [1.54, 1.807) is 23.7 Å². The number of β-amino-alcohol motifs (C(OH)–C–C–N with tert-alkyl or cyclic N) is 1. The number of aliphatic hydroxyl groups is 1. The highest BCUT2D eigenvalue weighted by Gasteiger charge is 2.45. The number of rotatable bonds is 22. The second-order valence-corrected chi connectivity index (χ2v) is 25.7. The van der Waals surface area contributed by atoms with E-state index >= 15 is 0 Å². The molecule has 0 radical (unpaired) electrons. The van der Waals surface area contributed by atoms with E-state index in [1.165, 1.54) is 16.2 Å². The smallest absolute Gasteiger partial charge is 0.325 e. The molecule has 4 saturated heterocycles. The van der Waals surface area contributed by atoms with Gasteiger partial charge in [0, 0.05) is 106 Å². The van der Waals surface area contributed by atoms with E-state index in [4.69, 9.17) is 24.5 Å². The highest BCUT2D eigenvalue weighted by Crippen LogP contribution is 2.42. The van der Waals surface area contributed by atoms with Gasteiger partial charge in [0.1, 0.15) is 30.4 Å². The molecule has 442 valence electrons. The van der Waals surface area contributed by atoms with Crippen LogP contribution in [0.5, 0.6) is 17.5 Å². The Morgan fingerprint density at radius 3 is 2.37 bits per heavy atom. The summed E-state index contributed by atoms with van der Waals surface area (Å²) >= 11 is 1.52. The number of hydrogen-bond acceptors (Lipinski definition) is 19. The maximum atomic E-state index is 14.4. The van der Waals surface area contributed by atoms with Gasteiger partial charge in [0.15, 0.2) is 11.6 Å². The van der Waals surface area contributed by atoms with E-state index in [1.807, 2.05) is 69.4 Å². The summed E-state index contributed by atoms with van der Waals surface area (Å²) in [5.74, 6) is -0.242. The van der Waals surface area contributed by atoms with Gasteiger partial charge in [-0.3, -0.25) is 19.1 Å². The second kappa shape index (κ2) is 25.2. The van der Waals surface area contributed by atoms with E-state index in [-0.39, 0.29) is 85.8 Å². The molecular formula is C59H74N11O11PS. The molecule has 8 heterocycles. The zero-order valence-electron chi connectivity index (χ0n) is 47.0. The molecule has 24 heteroatoms. The minimum atomic E-state index is -4.28. The van der Waals surface area contributed by atoms with Crippen LogP contribution in [0.15, 0.2) is 89.0 Å². The molecule has 4 aromatic heterocycles. The van der Waals surface area contributed by atoms with Crippen molar-refractivity contribution in [2.24, 2.45) is 5.92 Å². The summed E-state index contributed by atoms with van der Waals surface area (Å²) in [7, 11) is -4.28. The molecule has 4 aliphatic heterocycles. The number of amides is 2. The van der Waals surface area contributed by atoms with Crippen LogP contribution in [0.3, 0.4) is 0 Å². The van der Waals surface area contributed by atoms with Crippen LogP contribution in [0.4, 0.5) is 17.2 Å². The molecule has 5 fully saturated rings. The Labute approximate surface area is 486 Å². The lowest BCUT2D eigenvalue weighted by molar-refractivity contribution is -0.141. The quantitative estimate of drug-likeness (QED) is 0.0370. The number of carbonyl (C=O) groups is 2. The molecule has 2 unspecified atom stereocenters. The van der Waals surface area contributed by atoms with Crippen molar-refractivity contribution in [2.45, 2.75) is 133 Å². The van der Waals surface area contributed by atoms with Crippen molar-refractivity contribution in [1.29, 1.82) is 0 Å². The fourth-order valence-electron chi connectivity index (χ4n) is 12.6. The lowest BCUT2D eigenvalue weighted by atomic mass is 9.91. The number of nitrogen functional groups attached to an aromatic ring is 1. The largest absolute Gasteiger partial charge is 0.507 e. The van der Waals surface area contributed by atoms with Crippen LogP contribution in [0.1, 0.15) is 101 Å². The van der Waals surface area contributed by atoms with Crippen molar-refractivity contribution < 1.29 is 52.9 Å². The van der Waals surface area contributed by atoms with E-state index in [0.29, 0.717) is 41.9 Å². The Hall–Kier alpha value is -6.72. The SMILES string of the molecule is Cc1ncsc1-c1ccc(C(CCCP(=O)(O)O)NC(=O)[C@@H]2C[C@@H](O)CN2C(=O)[C@H](c2cc(OCCN3CCC(OC4CC(Oc5cc(N6C7CC[C@@H]6CN(c6cc(-c8ccccc8O)nnc6N)C7)ccn5)C4)CC3)no2)C(C)C)cc1. The monoisotopic (exact) mass is 1180 g/mol. The Kier molecular flexibility index (Phi) is 17.7. The number of pyridine rings is 1. The number of anilines is 3. The molecule has 7 N–H and O–H groups in total. The maximum Gasteiger partial charge on any atom is 0.325 e. The Morgan fingerprint density at radius 1 is 0.904 bits per heavy atom. The lowest BCUT2D eigenvalue weighted by Gasteiger charge is -2.43. The van der Waals surface area contributed by atoms with Gasteiger partial charge in [-0.1, -0.05) is 50.2 Å². The third kappa shape index (κ3) is 13.6. The fourth-order valence-corrected chi connectivity index (χ4v) is 14.0. The van der Waals surface area contributed by atoms with Crippen LogP contribution < -0.4 is 30.3 Å². The predicted octanol–water partition coefficient (Wildman–Crippen LogP) is 7.09. The molecule has 0 spiro atoms.